The number of aliphatic hydroxyl groups is 1. The molecule has 0 spiro atoms. The molecule has 1 heterocycles. The average molecular weight is 155 g/mol. The van der Waals surface area contributed by atoms with Gasteiger partial charge in [-0.1, -0.05) is 6.92 Å². The van der Waals surface area contributed by atoms with E-state index in [9.17, 15) is 5.11 Å². The predicted molar refractivity (Wildman–Crippen MR) is 41.1 cm³/mol. The first-order valence-electron chi connectivity index (χ1n) is 3.71. The van der Waals surface area contributed by atoms with Gasteiger partial charge in [0.05, 0.1) is 5.69 Å². The van der Waals surface area contributed by atoms with E-state index >= 15 is 0 Å². The Balaban J connectivity index is 2.89. The van der Waals surface area contributed by atoms with E-state index in [1.807, 2.05) is 6.92 Å². The maximum atomic E-state index is 9.44. The molecule has 0 saturated heterocycles. The van der Waals surface area contributed by atoms with Crippen LogP contribution in [0.3, 0.4) is 0 Å². The third-order valence-corrected chi connectivity index (χ3v) is 1.44. The maximum Gasteiger partial charge on any atom is 0.225 e. The van der Waals surface area contributed by atoms with E-state index in [1.54, 1.807) is 20.1 Å². The average Bonchev–Trinajstić information content (AvgIpc) is 2.32. The first-order valence-corrected chi connectivity index (χ1v) is 3.71. The van der Waals surface area contributed by atoms with E-state index in [2.05, 4.69) is 4.98 Å². The van der Waals surface area contributed by atoms with E-state index in [-0.39, 0.29) is 0 Å². The van der Waals surface area contributed by atoms with Crippen molar-refractivity contribution in [2.24, 2.45) is 0 Å². The second-order valence-corrected chi connectivity index (χ2v) is 3.06. The first-order chi connectivity index (χ1) is 5.04. The summed E-state index contributed by atoms with van der Waals surface area (Å²) in [6, 6.07) is 0. The summed E-state index contributed by atoms with van der Waals surface area (Å²) in [4.78, 5) is 4.08. The molecule has 0 atom stereocenters. The Morgan fingerprint density at radius 2 is 2.27 bits per heavy atom. The molecule has 0 unspecified atom stereocenters. The Hall–Kier alpha value is -0.830. The number of aromatic nitrogens is 1. The van der Waals surface area contributed by atoms with E-state index in [4.69, 9.17) is 4.42 Å². The SMILES string of the molecule is CCc1coc(C(C)(C)O)n1. The molecule has 0 aliphatic heterocycles. The molecule has 11 heavy (non-hydrogen) atoms. The van der Waals surface area contributed by atoms with Gasteiger partial charge < -0.3 is 9.52 Å². The zero-order valence-corrected chi connectivity index (χ0v) is 7.09. The van der Waals surface area contributed by atoms with Gasteiger partial charge in [-0.3, -0.25) is 0 Å². The Kier molecular flexibility index (Phi) is 2.00. The van der Waals surface area contributed by atoms with Crippen molar-refractivity contribution in [1.29, 1.82) is 0 Å². The van der Waals surface area contributed by atoms with E-state index < -0.39 is 5.60 Å². The van der Waals surface area contributed by atoms with Crippen LogP contribution in [-0.4, -0.2) is 10.1 Å². The molecule has 0 bridgehead atoms. The highest BCUT2D eigenvalue weighted by Crippen LogP contribution is 2.18. The van der Waals surface area contributed by atoms with Crippen molar-refractivity contribution in [2.45, 2.75) is 32.8 Å². The van der Waals surface area contributed by atoms with Gasteiger partial charge in [-0.25, -0.2) is 4.98 Å². The van der Waals surface area contributed by atoms with Crippen molar-refractivity contribution in [2.75, 3.05) is 0 Å². The zero-order chi connectivity index (χ0) is 8.48. The Morgan fingerprint density at radius 1 is 1.64 bits per heavy atom. The van der Waals surface area contributed by atoms with Crippen molar-refractivity contribution in [3.8, 4) is 0 Å². The van der Waals surface area contributed by atoms with Gasteiger partial charge in [0.25, 0.3) is 0 Å². The molecule has 3 heteroatoms. The van der Waals surface area contributed by atoms with Crippen molar-refractivity contribution in [1.82, 2.24) is 4.98 Å². The molecule has 62 valence electrons. The molecule has 1 aromatic rings. The second-order valence-electron chi connectivity index (χ2n) is 3.06. The van der Waals surface area contributed by atoms with Crippen molar-refractivity contribution in [3.05, 3.63) is 17.8 Å². The maximum absolute atomic E-state index is 9.44. The summed E-state index contributed by atoms with van der Waals surface area (Å²) in [5, 5.41) is 9.44. The molecule has 0 amide bonds. The van der Waals surface area contributed by atoms with Crippen molar-refractivity contribution in [3.63, 3.8) is 0 Å². The molecule has 0 aromatic carbocycles. The van der Waals surface area contributed by atoms with Crippen LogP contribution < -0.4 is 0 Å². The highest BCUT2D eigenvalue weighted by molar-refractivity contribution is 5.00. The minimum atomic E-state index is -0.965. The van der Waals surface area contributed by atoms with Gasteiger partial charge in [0.2, 0.25) is 5.89 Å². The van der Waals surface area contributed by atoms with Crippen molar-refractivity contribution < 1.29 is 9.52 Å². The molecule has 1 N–H and O–H groups in total. The number of oxazole rings is 1. The third-order valence-electron chi connectivity index (χ3n) is 1.44. The molecular weight excluding hydrogens is 142 g/mol. The lowest BCUT2D eigenvalue weighted by Crippen LogP contribution is -2.15. The summed E-state index contributed by atoms with van der Waals surface area (Å²) < 4.78 is 5.06. The van der Waals surface area contributed by atoms with Gasteiger partial charge in [0.15, 0.2) is 0 Å². The Morgan fingerprint density at radius 3 is 2.55 bits per heavy atom. The molecular formula is C8H13NO2. The summed E-state index contributed by atoms with van der Waals surface area (Å²) in [7, 11) is 0. The van der Waals surface area contributed by atoms with Crippen LogP contribution in [0.4, 0.5) is 0 Å². The largest absolute Gasteiger partial charge is 0.446 e. The second kappa shape index (κ2) is 2.66. The molecule has 1 aromatic heterocycles. The summed E-state index contributed by atoms with van der Waals surface area (Å²) >= 11 is 0. The van der Waals surface area contributed by atoms with Gasteiger partial charge >= 0.3 is 0 Å². The van der Waals surface area contributed by atoms with E-state index in [1.165, 1.54) is 0 Å². The van der Waals surface area contributed by atoms with Crippen LogP contribution in [-0.2, 0) is 12.0 Å². The third kappa shape index (κ3) is 1.80. The fourth-order valence-electron chi connectivity index (χ4n) is 0.750. The number of aryl methyl sites for hydroxylation is 1. The highest BCUT2D eigenvalue weighted by Gasteiger charge is 2.21. The molecule has 0 fully saturated rings. The van der Waals surface area contributed by atoms with Gasteiger partial charge in [-0.05, 0) is 20.3 Å². The topological polar surface area (TPSA) is 46.3 Å². The lowest BCUT2D eigenvalue weighted by molar-refractivity contribution is 0.0483. The molecule has 0 radical (unpaired) electrons. The van der Waals surface area contributed by atoms with Crippen LogP contribution in [0.15, 0.2) is 10.7 Å². The molecule has 1 rings (SSSR count). The first kappa shape index (κ1) is 8.27. The zero-order valence-electron chi connectivity index (χ0n) is 7.09. The quantitative estimate of drug-likeness (QED) is 0.703. The lowest BCUT2D eigenvalue weighted by atomic mass is 10.1. The number of hydrogen-bond donors (Lipinski definition) is 1. The monoisotopic (exact) mass is 155 g/mol. The molecule has 0 aliphatic carbocycles. The van der Waals surface area contributed by atoms with Crippen LogP contribution in [0.25, 0.3) is 0 Å². The Bertz CT molecular complexity index is 234. The summed E-state index contributed by atoms with van der Waals surface area (Å²) in [6.07, 6.45) is 2.41. The lowest BCUT2D eigenvalue weighted by Gasteiger charge is -2.10. The fourth-order valence-corrected chi connectivity index (χ4v) is 0.750. The van der Waals surface area contributed by atoms with Crippen LogP contribution >= 0.6 is 0 Å². The van der Waals surface area contributed by atoms with Crippen LogP contribution in [0.1, 0.15) is 32.4 Å². The van der Waals surface area contributed by atoms with Gasteiger partial charge in [-0.15, -0.1) is 0 Å². The summed E-state index contributed by atoms with van der Waals surface area (Å²) in [5.74, 6) is 0.384. The summed E-state index contributed by atoms with van der Waals surface area (Å²) in [5.41, 5.74) is -0.0879. The Labute approximate surface area is 66.1 Å². The standard InChI is InChI=1S/C8H13NO2/c1-4-6-5-11-7(9-6)8(2,3)10/h5,10H,4H2,1-3H3. The number of nitrogens with zero attached hydrogens (tertiary/aromatic N) is 1. The van der Waals surface area contributed by atoms with Gasteiger partial charge in [0.1, 0.15) is 11.9 Å². The fraction of sp³-hybridized carbons (Fsp3) is 0.625. The predicted octanol–water partition coefficient (Wildman–Crippen LogP) is 1.46. The van der Waals surface area contributed by atoms with Crippen LogP contribution in [0, 0.1) is 0 Å². The molecule has 0 saturated carbocycles. The van der Waals surface area contributed by atoms with Crippen molar-refractivity contribution >= 4 is 0 Å². The van der Waals surface area contributed by atoms with Gasteiger partial charge in [-0.2, -0.15) is 0 Å². The molecule has 0 aliphatic rings. The van der Waals surface area contributed by atoms with Gasteiger partial charge in [0, 0.05) is 0 Å². The van der Waals surface area contributed by atoms with E-state index in [0.29, 0.717) is 5.89 Å². The normalized spacial score (nSPS) is 12.0. The van der Waals surface area contributed by atoms with Crippen LogP contribution in [0.5, 0.6) is 0 Å². The van der Waals surface area contributed by atoms with Crippen LogP contribution in [0.2, 0.25) is 0 Å². The summed E-state index contributed by atoms with van der Waals surface area (Å²) in [6.45, 7) is 5.29. The number of hydrogen-bond acceptors (Lipinski definition) is 3. The highest BCUT2D eigenvalue weighted by atomic mass is 16.4. The smallest absolute Gasteiger partial charge is 0.225 e. The number of rotatable bonds is 2. The molecule has 3 nitrogen and oxygen atoms in total. The van der Waals surface area contributed by atoms with E-state index in [0.717, 1.165) is 12.1 Å². The minimum Gasteiger partial charge on any atom is -0.446 e. The minimum absolute atomic E-state index is 0.384.